The molecule has 11 heavy (non-hydrogen) atoms. The molecule has 0 aliphatic heterocycles. The monoisotopic (exact) mass is 266 g/mol. The molecular weight excluding hydrogens is 254 g/mol. The average molecular weight is 266 g/mol. The van der Waals surface area contributed by atoms with Crippen LogP contribution in [0.25, 0.3) is 0 Å². The molecule has 0 aromatic rings. The number of hydrogen-bond acceptors (Lipinski definition) is 0. The Kier molecular flexibility index (Phi) is 3.10. The summed E-state index contributed by atoms with van der Waals surface area (Å²) in [7, 11) is 0. The van der Waals surface area contributed by atoms with Gasteiger partial charge >= 0.3 is 0 Å². The van der Waals surface area contributed by atoms with E-state index in [2.05, 4.69) is 28.7 Å². The number of allylic oxidation sites excluding steroid dienone is 4. The number of rotatable bonds is 1. The van der Waals surface area contributed by atoms with Gasteiger partial charge in [0.2, 0.25) is 0 Å². The molecule has 62 valence electrons. The van der Waals surface area contributed by atoms with Gasteiger partial charge in [0.1, 0.15) is 5.83 Å². The average Bonchev–Trinajstić information content (AvgIpc) is 2.01. The highest BCUT2D eigenvalue weighted by molar-refractivity contribution is 14.1. The maximum atomic E-state index is 13.3. The Hall–Kier alpha value is 0.140. The predicted molar refractivity (Wildman–Crippen MR) is 54.5 cm³/mol. The van der Waals surface area contributed by atoms with Gasteiger partial charge in [0.25, 0.3) is 0 Å². The third-order valence-corrected chi connectivity index (χ3v) is 3.67. The molecule has 0 spiro atoms. The molecule has 1 aliphatic carbocycles. The summed E-state index contributed by atoms with van der Waals surface area (Å²) in [5.41, 5.74) is 0.863. The molecule has 0 nitrogen and oxygen atoms in total. The highest BCUT2D eigenvalue weighted by Crippen LogP contribution is 2.32. The van der Waals surface area contributed by atoms with Crippen LogP contribution in [0.2, 0.25) is 0 Å². The molecule has 0 heterocycles. The van der Waals surface area contributed by atoms with E-state index in [-0.39, 0.29) is 9.75 Å². The molecule has 0 bridgehead atoms. The second-order valence-electron chi connectivity index (χ2n) is 2.85. The van der Waals surface area contributed by atoms with Crippen LogP contribution in [0, 0.1) is 5.92 Å². The van der Waals surface area contributed by atoms with Gasteiger partial charge in [-0.05, 0) is 17.9 Å². The lowest BCUT2D eigenvalue weighted by atomic mass is 9.96. The Labute approximate surface area is 80.7 Å². The lowest BCUT2D eigenvalue weighted by Gasteiger charge is -2.19. The van der Waals surface area contributed by atoms with Crippen molar-refractivity contribution in [3.63, 3.8) is 0 Å². The van der Waals surface area contributed by atoms with Crippen molar-refractivity contribution in [2.45, 2.75) is 24.2 Å². The quantitative estimate of drug-likeness (QED) is 0.502. The molecule has 0 aromatic heterocycles. The molecule has 2 heteroatoms. The SMILES string of the molecule is CCC1=C(F)C(I)C(C)C=C1. The molecule has 0 saturated carbocycles. The summed E-state index contributed by atoms with van der Waals surface area (Å²) in [6.45, 7) is 4.03. The Morgan fingerprint density at radius 1 is 1.64 bits per heavy atom. The van der Waals surface area contributed by atoms with Gasteiger partial charge in [-0.25, -0.2) is 4.39 Å². The van der Waals surface area contributed by atoms with Gasteiger partial charge in [-0.15, -0.1) is 0 Å². The van der Waals surface area contributed by atoms with Crippen molar-refractivity contribution in [1.29, 1.82) is 0 Å². The Bertz CT molecular complexity index is 206. The van der Waals surface area contributed by atoms with Crippen molar-refractivity contribution < 1.29 is 4.39 Å². The van der Waals surface area contributed by atoms with Crippen molar-refractivity contribution in [2.24, 2.45) is 5.92 Å². The first kappa shape index (κ1) is 9.23. The van der Waals surface area contributed by atoms with Crippen LogP contribution in [0.5, 0.6) is 0 Å². The normalized spacial score (nSPS) is 31.3. The molecule has 1 aliphatic rings. The topological polar surface area (TPSA) is 0 Å². The summed E-state index contributed by atoms with van der Waals surface area (Å²) in [5, 5.41) is 0. The van der Waals surface area contributed by atoms with E-state index in [0.29, 0.717) is 5.92 Å². The Morgan fingerprint density at radius 2 is 2.27 bits per heavy atom. The van der Waals surface area contributed by atoms with E-state index in [0.717, 1.165) is 12.0 Å². The van der Waals surface area contributed by atoms with Crippen LogP contribution in [0.4, 0.5) is 4.39 Å². The maximum Gasteiger partial charge on any atom is 0.116 e. The Morgan fingerprint density at radius 3 is 2.82 bits per heavy atom. The van der Waals surface area contributed by atoms with Gasteiger partial charge in [0.05, 0.1) is 3.92 Å². The summed E-state index contributed by atoms with van der Waals surface area (Å²) in [5.74, 6) is 0.411. The molecule has 0 fully saturated rings. The third kappa shape index (κ3) is 1.83. The van der Waals surface area contributed by atoms with Crippen molar-refractivity contribution in [3.05, 3.63) is 23.6 Å². The van der Waals surface area contributed by atoms with Crippen LogP contribution < -0.4 is 0 Å². The molecule has 0 N–H and O–H groups in total. The van der Waals surface area contributed by atoms with E-state index in [1.54, 1.807) is 0 Å². The van der Waals surface area contributed by atoms with Crippen LogP contribution in [0.15, 0.2) is 23.6 Å². The van der Waals surface area contributed by atoms with Gasteiger partial charge in [0, 0.05) is 0 Å². The fraction of sp³-hybridized carbons (Fsp3) is 0.556. The summed E-state index contributed by atoms with van der Waals surface area (Å²) >= 11 is 2.16. The van der Waals surface area contributed by atoms with Crippen molar-refractivity contribution in [1.82, 2.24) is 0 Å². The minimum absolute atomic E-state index is 0.0487. The van der Waals surface area contributed by atoms with Gasteiger partial charge < -0.3 is 0 Å². The van der Waals surface area contributed by atoms with E-state index >= 15 is 0 Å². The second-order valence-corrected chi connectivity index (χ2v) is 4.19. The number of hydrogen-bond donors (Lipinski definition) is 0. The summed E-state index contributed by atoms with van der Waals surface area (Å²) in [6.07, 6.45) is 4.79. The van der Waals surface area contributed by atoms with Crippen molar-refractivity contribution in [2.75, 3.05) is 0 Å². The summed E-state index contributed by atoms with van der Waals surface area (Å²) in [4.78, 5) is 0. The molecule has 0 aromatic carbocycles. The van der Waals surface area contributed by atoms with Crippen LogP contribution in [0.3, 0.4) is 0 Å². The van der Waals surface area contributed by atoms with Gasteiger partial charge in [0.15, 0.2) is 0 Å². The second kappa shape index (κ2) is 3.70. The van der Waals surface area contributed by atoms with Crippen molar-refractivity contribution >= 4 is 22.6 Å². The first-order valence-electron chi connectivity index (χ1n) is 3.87. The maximum absolute atomic E-state index is 13.3. The molecule has 2 unspecified atom stereocenters. The molecule has 1 rings (SSSR count). The standard InChI is InChI=1S/C9H12FI/c1-3-7-5-4-6(2)9(11)8(7)10/h4-6,9H,3H2,1-2H3. The van der Waals surface area contributed by atoms with E-state index in [4.69, 9.17) is 0 Å². The zero-order valence-electron chi connectivity index (χ0n) is 6.77. The third-order valence-electron chi connectivity index (χ3n) is 1.99. The minimum Gasteiger partial charge on any atom is -0.210 e. The number of halogens is 2. The first-order chi connectivity index (χ1) is 5.16. The minimum atomic E-state index is 0.0487. The van der Waals surface area contributed by atoms with Gasteiger partial charge in [-0.3, -0.25) is 0 Å². The highest BCUT2D eigenvalue weighted by Gasteiger charge is 2.22. The predicted octanol–water partition coefficient (Wildman–Crippen LogP) is 3.63. The highest BCUT2D eigenvalue weighted by atomic mass is 127. The lowest BCUT2D eigenvalue weighted by Crippen LogP contribution is -2.13. The van der Waals surface area contributed by atoms with E-state index in [1.807, 2.05) is 19.9 Å². The lowest BCUT2D eigenvalue weighted by molar-refractivity contribution is 0.544. The van der Waals surface area contributed by atoms with E-state index < -0.39 is 0 Å². The van der Waals surface area contributed by atoms with Crippen molar-refractivity contribution in [3.8, 4) is 0 Å². The molecular formula is C9H12FI. The number of alkyl halides is 1. The van der Waals surface area contributed by atoms with Crippen LogP contribution in [0.1, 0.15) is 20.3 Å². The summed E-state index contributed by atoms with van der Waals surface area (Å²) in [6, 6.07) is 0. The molecule has 0 saturated heterocycles. The van der Waals surface area contributed by atoms with Crippen LogP contribution in [-0.2, 0) is 0 Å². The molecule has 2 atom stereocenters. The zero-order valence-corrected chi connectivity index (χ0v) is 8.93. The van der Waals surface area contributed by atoms with E-state index in [9.17, 15) is 4.39 Å². The van der Waals surface area contributed by atoms with Crippen LogP contribution in [-0.4, -0.2) is 3.92 Å². The fourth-order valence-corrected chi connectivity index (χ4v) is 1.78. The first-order valence-corrected chi connectivity index (χ1v) is 5.12. The molecule has 0 radical (unpaired) electrons. The largest absolute Gasteiger partial charge is 0.210 e. The van der Waals surface area contributed by atoms with Gasteiger partial charge in [-0.1, -0.05) is 48.6 Å². The summed E-state index contributed by atoms with van der Waals surface area (Å²) < 4.78 is 13.4. The molecule has 0 amide bonds. The van der Waals surface area contributed by atoms with E-state index in [1.165, 1.54) is 0 Å². The van der Waals surface area contributed by atoms with Crippen LogP contribution >= 0.6 is 22.6 Å². The Balaban J connectivity index is 2.87. The smallest absolute Gasteiger partial charge is 0.116 e. The van der Waals surface area contributed by atoms with Gasteiger partial charge in [-0.2, -0.15) is 0 Å². The fourth-order valence-electron chi connectivity index (χ4n) is 1.14. The zero-order chi connectivity index (χ0) is 8.43.